The number of hydrogen-bond acceptors (Lipinski definition) is 2. The minimum atomic E-state index is -0.0743. The molecule has 4 rings (SSSR count). The highest BCUT2D eigenvalue weighted by Crippen LogP contribution is 2.31. The molecular formula is C21H22N2O2. The molecule has 0 spiro atoms. The molecule has 0 bridgehead atoms. The molecule has 1 N–H and O–H groups in total. The van der Waals surface area contributed by atoms with Crippen molar-refractivity contribution in [2.45, 2.75) is 39.0 Å². The van der Waals surface area contributed by atoms with E-state index in [4.69, 9.17) is 0 Å². The van der Waals surface area contributed by atoms with Crippen molar-refractivity contribution in [2.75, 3.05) is 16.8 Å². The lowest BCUT2D eigenvalue weighted by Crippen LogP contribution is -2.25. The highest BCUT2D eigenvalue weighted by atomic mass is 16.2. The number of anilines is 2. The van der Waals surface area contributed by atoms with Gasteiger partial charge in [0, 0.05) is 30.4 Å². The van der Waals surface area contributed by atoms with E-state index in [-0.39, 0.29) is 11.8 Å². The molecule has 0 atom stereocenters. The lowest BCUT2D eigenvalue weighted by atomic mass is 9.90. The Balaban J connectivity index is 1.53. The zero-order valence-electron chi connectivity index (χ0n) is 14.5. The summed E-state index contributed by atoms with van der Waals surface area (Å²) in [6.45, 7) is 2.30. The van der Waals surface area contributed by atoms with Crippen molar-refractivity contribution in [3.63, 3.8) is 0 Å². The first-order valence-electron chi connectivity index (χ1n) is 8.96. The number of nitrogens with zero attached hydrogens (tertiary/aromatic N) is 1. The molecule has 1 heterocycles. The summed E-state index contributed by atoms with van der Waals surface area (Å²) in [5.41, 5.74) is 6.26. The van der Waals surface area contributed by atoms with E-state index < -0.39 is 0 Å². The molecular weight excluding hydrogens is 312 g/mol. The van der Waals surface area contributed by atoms with Gasteiger partial charge in [0.1, 0.15) is 0 Å². The van der Waals surface area contributed by atoms with E-state index in [1.165, 1.54) is 24.0 Å². The Kier molecular flexibility index (Phi) is 4.04. The number of hydrogen-bond donors (Lipinski definition) is 1. The zero-order valence-corrected chi connectivity index (χ0v) is 14.5. The number of aryl methyl sites for hydroxylation is 2. The van der Waals surface area contributed by atoms with Gasteiger partial charge in [0.25, 0.3) is 5.91 Å². The van der Waals surface area contributed by atoms with E-state index >= 15 is 0 Å². The lowest BCUT2D eigenvalue weighted by molar-refractivity contribution is -0.116. The number of carbonyl (C=O) groups excluding carboxylic acids is 2. The molecule has 0 saturated heterocycles. The molecule has 0 fully saturated rings. The third-order valence-corrected chi connectivity index (χ3v) is 5.22. The summed E-state index contributed by atoms with van der Waals surface area (Å²) in [5, 5.41) is 3.00. The van der Waals surface area contributed by atoms with Crippen LogP contribution in [-0.2, 0) is 24.1 Å². The second-order valence-corrected chi connectivity index (χ2v) is 6.91. The highest BCUT2D eigenvalue weighted by molar-refractivity contribution is 6.05. The van der Waals surface area contributed by atoms with Crippen LogP contribution in [0.15, 0.2) is 36.4 Å². The van der Waals surface area contributed by atoms with E-state index in [1.807, 2.05) is 30.3 Å². The molecule has 2 aromatic carbocycles. The predicted octanol–water partition coefficient (Wildman–Crippen LogP) is 3.73. The molecule has 2 aliphatic rings. The summed E-state index contributed by atoms with van der Waals surface area (Å²) in [6.07, 6.45) is 5.46. The van der Waals surface area contributed by atoms with E-state index in [0.717, 1.165) is 36.2 Å². The minimum Gasteiger partial charge on any atom is -0.322 e. The molecule has 4 nitrogen and oxygen atoms in total. The predicted molar refractivity (Wildman–Crippen MR) is 99.2 cm³/mol. The first kappa shape index (κ1) is 15.9. The second-order valence-electron chi connectivity index (χ2n) is 6.91. The van der Waals surface area contributed by atoms with Gasteiger partial charge in [-0.1, -0.05) is 6.07 Å². The zero-order chi connectivity index (χ0) is 17.4. The van der Waals surface area contributed by atoms with Crippen molar-refractivity contribution in [1.82, 2.24) is 0 Å². The molecule has 2 aromatic rings. The normalized spacial score (nSPS) is 15.5. The molecule has 128 valence electrons. The van der Waals surface area contributed by atoms with Gasteiger partial charge < -0.3 is 10.2 Å². The first-order chi connectivity index (χ1) is 12.1. The van der Waals surface area contributed by atoms with Gasteiger partial charge in [-0.25, -0.2) is 0 Å². The standard InChI is InChI=1S/C21H22N2O2/c1-14(24)23-11-10-17-13-19(8-9-20(17)23)22-21(25)18-7-6-15-4-2-3-5-16(15)12-18/h6-9,12-13H,2-5,10-11H2,1H3,(H,22,25). The number of carbonyl (C=O) groups is 2. The number of nitrogens with one attached hydrogen (secondary N) is 1. The van der Waals surface area contributed by atoms with E-state index in [1.54, 1.807) is 11.8 Å². The van der Waals surface area contributed by atoms with Crippen LogP contribution < -0.4 is 10.2 Å². The fourth-order valence-electron chi connectivity index (χ4n) is 3.88. The Morgan fingerprint density at radius 1 is 0.920 bits per heavy atom. The van der Waals surface area contributed by atoms with Crippen LogP contribution in [0.1, 0.15) is 46.8 Å². The summed E-state index contributed by atoms with van der Waals surface area (Å²) in [5.74, 6) is -0.0145. The van der Waals surface area contributed by atoms with Crippen LogP contribution in [0.3, 0.4) is 0 Å². The number of benzene rings is 2. The van der Waals surface area contributed by atoms with Crippen molar-refractivity contribution in [2.24, 2.45) is 0 Å². The van der Waals surface area contributed by atoms with Crippen LogP contribution in [0, 0.1) is 0 Å². The maximum absolute atomic E-state index is 12.6. The smallest absolute Gasteiger partial charge is 0.255 e. The largest absolute Gasteiger partial charge is 0.322 e. The Labute approximate surface area is 147 Å². The van der Waals surface area contributed by atoms with Gasteiger partial charge in [0.05, 0.1) is 0 Å². The fourth-order valence-corrected chi connectivity index (χ4v) is 3.88. The van der Waals surface area contributed by atoms with Gasteiger partial charge >= 0.3 is 0 Å². The van der Waals surface area contributed by atoms with Crippen molar-refractivity contribution >= 4 is 23.2 Å². The van der Waals surface area contributed by atoms with Crippen LogP contribution in [0.5, 0.6) is 0 Å². The number of fused-ring (bicyclic) bond motifs is 2. The summed E-state index contributed by atoms with van der Waals surface area (Å²) in [4.78, 5) is 26.0. The summed E-state index contributed by atoms with van der Waals surface area (Å²) < 4.78 is 0. The molecule has 0 aromatic heterocycles. The molecule has 1 aliphatic heterocycles. The van der Waals surface area contributed by atoms with Crippen molar-refractivity contribution in [3.05, 3.63) is 58.7 Å². The molecule has 0 saturated carbocycles. The molecule has 2 amide bonds. The van der Waals surface area contributed by atoms with Gasteiger partial charge in [-0.2, -0.15) is 0 Å². The Morgan fingerprint density at radius 2 is 1.72 bits per heavy atom. The highest BCUT2D eigenvalue weighted by Gasteiger charge is 2.22. The second kappa shape index (κ2) is 6.36. The molecule has 1 aliphatic carbocycles. The summed E-state index contributed by atoms with van der Waals surface area (Å²) in [7, 11) is 0. The lowest BCUT2D eigenvalue weighted by Gasteiger charge is -2.17. The number of amides is 2. The molecule has 0 unspecified atom stereocenters. The minimum absolute atomic E-state index is 0.0598. The third kappa shape index (κ3) is 3.04. The fraction of sp³-hybridized carbons (Fsp3) is 0.333. The van der Waals surface area contributed by atoms with Gasteiger partial charge in [-0.05, 0) is 79.1 Å². The van der Waals surface area contributed by atoms with Crippen LogP contribution >= 0.6 is 0 Å². The van der Waals surface area contributed by atoms with E-state index in [0.29, 0.717) is 12.1 Å². The average molecular weight is 334 g/mol. The third-order valence-electron chi connectivity index (χ3n) is 5.22. The Hall–Kier alpha value is -2.62. The van der Waals surface area contributed by atoms with E-state index in [9.17, 15) is 9.59 Å². The van der Waals surface area contributed by atoms with Gasteiger partial charge in [-0.3, -0.25) is 9.59 Å². The quantitative estimate of drug-likeness (QED) is 0.910. The van der Waals surface area contributed by atoms with Gasteiger partial charge in [0.15, 0.2) is 0 Å². The first-order valence-corrected chi connectivity index (χ1v) is 8.96. The summed E-state index contributed by atoms with van der Waals surface area (Å²) in [6, 6.07) is 11.8. The van der Waals surface area contributed by atoms with E-state index in [2.05, 4.69) is 11.4 Å². The van der Waals surface area contributed by atoms with Crippen molar-refractivity contribution in [1.29, 1.82) is 0 Å². The van der Waals surface area contributed by atoms with Gasteiger partial charge in [0.2, 0.25) is 5.91 Å². The molecule has 0 radical (unpaired) electrons. The number of rotatable bonds is 2. The topological polar surface area (TPSA) is 49.4 Å². The summed E-state index contributed by atoms with van der Waals surface area (Å²) >= 11 is 0. The van der Waals surface area contributed by atoms with Crippen molar-refractivity contribution < 1.29 is 9.59 Å². The molecule has 4 heteroatoms. The monoisotopic (exact) mass is 334 g/mol. The Morgan fingerprint density at radius 3 is 2.52 bits per heavy atom. The van der Waals surface area contributed by atoms with Crippen LogP contribution in [0.25, 0.3) is 0 Å². The van der Waals surface area contributed by atoms with Crippen LogP contribution in [0.2, 0.25) is 0 Å². The maximum Gasteiger partial charge on any atom is 0.255 e. The van der Waals surface area contributed by atoms with Crippen LogP contribution in [-0.4, -0.2) is 18.4 Å². The molecule has 25 heavy (non-hydrogen) atoms. The van der Waals surface area contributed by atoms with Crippen molar-refractivity contribution in [3.8, 4) is 0 Å². The maximum atomic E-state index is 12.6. The Bertz CT molecular complexity index is 857. The van der Waals surface area contributed by atoms with Crippen LogP contribution in [0.4, 0.5) is 11.4 Å². The van der Waals surface area contributed by atoms with Gasteiger partial charge in [-0.15, -0.1) is 0 Å². The average Bonchev–Trinajstić information content (AvgIpc) is 3.04. The SMILES string of the molecule is CC(=O)N1CCc2cc(NC(=O)c3ccc4c(c3)CCCC4)ccc21.